The largest absolute Gasteiger partial charge is 0.514 e. The van der Waals surface area contributed by atoms with Crippen molar-refractivity contribution >= 4 is 17.5 Å². The Bertz CT molecular complexity index is 620. The van der Waals surface area contributed by atoms with E-state index in [1.54, 1.807) is 27.7 Å². The number of hydrogen-bond acceptors (Lipinski definition) is 7. The van der Waals surface area contributed by atoms with Crippen molar-refractivity contribution < 1.29 is 24.1 Å². The van der Waals surface area contributed by atoms with Crippen molar-refractivity contribution in [1.29, 1.82) is 0 Å². The summed E-state index contributed by atoms with van der Waals surface area (Å²) in [5.74, 6) is -0.346. The van der Waals surface area contributed by atoms with Gasteiger partial charge in [0.15, 0.2) is 0 Å². The molecular weight excluding hydrogens is 296 g/mol. The SMILES string of the molecule is CCOC(=O)Oc1c([N+](=O)[O-])cc([N+](=O)[O-])cc1C(C)(C)C. The Morgan fingerprint density at radius 1 is 1.18 bits per heavy atom. The molecule has 1 rings (SSSR count). The van der Waals surface area contributed by atoms with Crippen LogP contribution in [0.25, 0.3) is 0 Å². The number of nitro groups is 2. The Kier molecular flexibility index (Phi) is 5.02. The van der Waals surface area contributed by atoms with Crippen molar-refractivity contribution in [2.45, 2.75) is 33.1 Å². The van der Waals surface area contributed by atoms with Gasteiger partial charge in [0.25, 0.3) is 5.69 Å². The Labute approximate surface area is 126 Å². The number of ether oxygens (including phenoxy) is 2. The van der Waals surface area contributed by atoms with Gasteiger partial charge in [-0.15, -0.1) is 0 Å². The van der Waals surface area contributed by atoms with Crippen molar-refractivity contribution in [1.82, 2.24) is 0 Å². The number of hydrogen-bond donors (Lipinski definition) is 0. The fourth-order valence-electron chi connectivity index (χ4n) is 1.73. The second-order valence-electron chi connectivity index (χ2n) is 5.39. The van der Waals surface area contributed by atoms with E-state index < -0.39 is 32.8 Å². The molecule has 0 aromatic heterocycles. The molecule has 0 radical (unpaired) electrons. The van der Waals surface area contributed by atoms with Crippen LogP contribution in [0.2, 0.25) is 0 Å². The highest BCUT2D eigenvalue weighted by Crippen LogP contribution is 2.41. The molecule has 0 fully saturated rings. The number of rotatable bonds is 4. The van der Waals surface area contributed by atoms with E-state index in [9.17, 15) is 25.0 Å². The molecule has 0 spiro atoms. The van der Waals surface area contributed by atoms with Crippen LogP contribution >= 0.6 is 0 Å². The molecule has 9 nitrogen and oxygen atoms in total. The highest BCUT2D eigenvalue weighted by atomic mass is 16.7. The monoisotopic (exact) mass is 312 g/mol. The van der Waals surface area contributed by atoms with Gasteiger partial charge in [-0.05, 0) is 12.3 Å². The molecule has 0 N–H and O–H groups in total. The number of carbonyl (C=O) groups excluding carboxylic acids is 1. The molecule has 1 aromatic rings. The zero-order valence-corrected chi connectivity index (χ0v) is 12.6. The van der Waals surface area contributed by atoms with Crippen LogP contribution in [0.5, 0.6) is 5.75 Å². The molecule has 0 unspecified atom stereocenters. The van der Waals surface area contributed by atoms with E-state index in [0.29, 0.717) is 0 Å². The first-order valence-corrected chi connectivity index (χ1v) is 6.39. The third-order valence-corrected chi connectivity index (χ3v) is 2.72. The van der Waals surface area contributed by atoms with Gasteiger partial charge in [-0.2, -0.15) is 0 Å². The molecule has 0 amide bonds. The average molecular weight is 312 g/mol. The number of nitro benzene ring substituents is 2. The normalized spacial score (nSPS) is 10.9. The molecule has 0 saturated heterocycles. The van der Waals surface area contributed by atoms with Crippen LogP contribution in [-0.2, 0) is 10.2 Å². The summed E-state index contributed by atoms with van der Waals surface area (Å²) < 4.78 is 9.52. The summed E-state index contributed by atoms with van der Waals surface area (Å²) in [5.41, 5.74) is -1.67. The summed E-state index contributed by atoms with van der Waals surface area (Å²) in [6, 6.07) is 1.91. The summed E-state index contributed by atoms with van der Waals surface area (Å²) in [7, 11) is 0. The van der Waals surface area contributed by atoms with Crippen LogP contribution in [0, 0.1) is 20.2 Å². The Morgan fingerprint density at radius 3 is 2.18 bits per heavy atom. The molecule has 0 saturated carbocycles. The first-order chi connectivity index (χ1) is 10.1. The lowest BCUT2D eigenvalue weighted by Crippen LogP contribution is -2.18. The highest BCUT2D eigenvalue weighted by Gasteiger charge is 2.32. The van der Waals surface area contributed by atoms with E-state index in [1.165, 1.54) is 0 Å². The lowest BCUT2D eigenvalue weighted by molar-refractivity contribution is -0.394. The van der Waals surface area contributed by atoms with Gasteiger partial charge in [0.05, 0.1) is 22.5 Å². The maximum atomic E-state index is 11.5. The topological polar surface area (TPSA) is 122 Å². The summed E-state index contributed by atoms with van der Waals surface area (Å²) >= 11 is 0. The number of nitrogens with zero attached hydrogens (tertiary/aromatic N) is 2. The Morgan fingerprint density at radius 2 is 1.77 bits per heavy atom. The van der Waals surface area contributed by atoms with E-state index in [4.69, 9.17) is 4.74 Å². The van der Waals surface area contributed by atoms with Crippen LogP contribution in [-0.4, -0.2) is 22.6 Å². The second-order valence-corrected chi connectivity index (χ2v) is 5.39. The summed E-state index contributed by atoms with van der Waals surface area (Å²) in [5, 5.41) is 22.1. The average Bonchev–Trinajstić information content (AvgIpc) is 2.36. The van der Waals surface area contributed by atoms with Crippen molar-refractivity contribution in [3.63, 3.8) is 0 Å². The van der Waals surface area contributed by atoms with Crippen LogP contribution in [0.1, 0.15) is 33.3 Å². The third-order valence-electron chi connectivity index (χ3n) is 2.72. The van der Waals surface area contributed by atoms with Gasteiger partial charge < -0.3 is 9.47 Å². The predicted octanol–water partition coefficient (Wildman–Crippen LogP) is 3.34. The van der Waals surface area contributed by atoms with Crippen molar-refractivity contribution in [2.75, 3.05) is 6.61 Å². The summed E-state index contributed by atoms with van der Waals surface area (Å²) in [6.45, 7) is 6.65. The van der Waals surface area contributed by atoms with Crippen LogP contribution in [0.3, 0.4) is 0 Å². The Balaban J connectivity index is 3.58. The molecule has 0 heterocycles. The zero-order chi connectivity index (χ0) is 17.1. The zero-order valence-electron chi connectivity index (χ0n) is 12.6. The van der Waals surface area contributed by atoms with E-state index in [-0.39, 0.29) is 17.9 Å². The van der Waals surface area contributed by atoms with Crippen LogP contribution in [0.15, 0.2) is 12.1 Å². The highest BCUT2D eigenvalue weighted by molar-refractivity contribution is 5.70. The Hall–Kier alpha value is -2.71. The van der Waals surface area contributed by atoms with Crippen molar-refractivity contribution in [3.8, 4) is 5.75 Å². The first-order valence-electron chi connectivity index (χ1n) is 6.39. The molecule has 0 aliphatic heterocycles. The number of benzene rings is 1. The van der Waals surface area contributed by atoms with Gasteiger partial charge in [0, 0.05) is 11.6 Å². The smallest absolute Gasteiger partial charge is 0.434 e. The van der Waals surface area contributed by atoms with Gasteiger partial charge >= 0.3 is 11.8 Å². The van der Waals surface area contributed by atoms with Crippen LogP contribution < -0.4 is 4.74 Å². The van der Waals surface area contributed by atoms with E-state index in [1.807, 2.05) is 0 Å². The standard InChI is InChI=1S/C13H16N2O7/c1-5-21-12(16)22-11-9(13(2,3)4)6-8(14(17)18)7-10(11)15(19)20/h6-7H,5H2,1-4H3. The fraction of sp³-hybridized carbons (Fsp3) is 0.462. The van der Waals surface area contributed by atoms with Gasteiger partial charge in [0.2, 0.25) is 5.75 Å². The lowest BCUT2D eigenvalue weighted by Gasteiger charge is -2.21. The van der Waals surface area contributed by atoms with E-state index >= 15 is 0 Å². The quantitative estimate of drug-likeness (QED) is 0.361. The van der Waals surface area contributed by atoms with Gasteiger partial charge in [-0.25, -0.2) is 4.79 Å². The number of carbonyl (C=O) groups is 1. The molecule has 0 bridgehead atoms. The maximum Gasteiger partial charge on any atom is 0.514 e. The van der Waals surface area contributed by atoms with Gasteiger partial charge in [0.1, 0.15) is 0 Å². The van der Waals surface area contributed by atoms with E-state index in [2.05, 4.69) is 4.74 Å². The lowest BCUT2D eigenvalue weighted by atomic mass is 9.85. The molecule has 0 aliphatic carbocycles. The van der Waals surface area contributed by atoms with E-state index in [0.717, 1.165) is 12.1 Å². The van der Waals surface area contributed by atoms with Crippen molar-refractivity contribution in [3.05, 3.63) is 37.9 Å². The molecule has 0 aliphatic rings. The minimum Gasteiger partial charge on any atom is -0.434 e. The minimum atomic E-state index is -1.11. The molecule has 9 heteroatoms. The predicted molar refractivity (Wildman–Crippen MR) is 76.1 cm³/mol. The molecule has 1 aromatic carbocycles. The summed E-state index contributed by atoms with van der Waals surface area (Å²) in [6.07, 6.45) is -1.11. The van der Waals surface area contributed by atoms with Crippen molar-refractivity contribution in [2.24, 2.45) is 0 Å². The first kappa shape index (κ1) is 17.3. The molecule has 120 valence electrons. The van der Waals surface area contributed by atoms with Gasteiger partial charge in [-0.3, -0.25) is 20.2 Å². The summed E-state index contributed by atoms with van der Waals surface area (Å²) in [4.78, 5) is 32.0. The molecule has 22 heavy (non-hydrogen) atoms. The second kappa shape index (κ2) is 6.37. The van der Waals surface area contributed by atoms with Crippen LogP contribution in [0.4, 0.5) is 16.2 Å². The number of non-ortho nitro benzene ring substituents is 1. The molecular formula is C13H16N2O7. The molecule has 0 atom stereocenters. The van der Waals surface area contributed by atoms with Gasteiger partial charge in [-0.1, -0.05) is 20.8 Å². The minimum absolute atomic E-state index is 0.0322. The third kappa shape index (κ3) is 3.90. The fourth-order valence-corrected chi connectivity index (χ4v) is 1.73. The maximum absolute atomic E-state index is 11.5.